The smallest absolute Gasteiger partial charge is 0.0833 e. The van der Waals surface area contributed by atoms with Crippen molar-refractivity contribution in [2.75, 3.05) is 0 Å². The van der Waals surface area contributed by atoms with E-state index in [0.717, 1.165) is 0 Å². The van der Waals surface area contributed by atoms with Crippen LogP contribution in [0.4, 0.5) is 0 Å². The minimum atomic E-state index is 0.187. The van der Waals surface area contributed by atoms with Gasteiger partial charge in [-0.05, 0) is 12.0 Å². The summed E-state index contributed by atoms with van der Waals surface area (Å²) in [6, 6.07) is 0. The van der Waals surface area contributed by atoms with Gasteiger partial charge in [-0.1, -0.05) is 27.0 Å². The average Bonchev–Trinajstić information content (AvgIpc) is 1.98. The average molecular weight is 150 g/mol. The number of nitrogens with zero attached hydrogens (tertiary/aromatic N) is 1. The molecule has 60 valence electrons. The number of hydrogen-bond acceptors (Lipinski definition) is 2. The van der Waals surface area contributed by atoms with E-state index in [4.69, 9.17) is 5.41 Å². The van der Waals surface area contributed by atoms with Crippen molar-refractivity contribution >= 4 is 11.4 Å². The predicted molar refractivity (Wildman–Crippen MR) is 50.4 cm³/mol. The van der Waals surface area contributed by atoms with E-state index in [9.17, 15) is 0 Å². The Kier molecular flexibility index (Phi) is 4.11. The molecule has 0 aliphatic rings. The van der Waals surface area contributed by atoms with Crippen molar-refractivity contribution in [1.82, 2.24) is 0 Å². The molecule has 0 saturated carbocycles. The number of aliphatic imine (C=N–C) groups is 1. The van der Waals surface area contributed by atoms with Gasteiger partial charge in [0.1, 0.15) is 0 Å². The van der Waals surface area contributed by atoms with Crippen molar-refractivity contribution in [2.24, 2.45) is 10.9 Å². The monoisotopic (exact) mass is 150 g/mol. The molecule has 0 heterocycles. The van der Waals surface area contributed by atoms with E-state index in [1.165, 1.54) is 6.20 Å². The van der Waals surface area contributed by atoms with E-state index in [2.05, 4.69) is 18.2 Å². The van der Waals surface area contributed by atoms with Crippen LogP contribution >= 0.6 is 0 Å². The third-order valence-electron chi connectivity index (χ3n) is 1.28. The minimum Gasteiger partial charge on any atom is -0.303 e. The van der Waals surface area contributed by atoms with Gasteiger partial charge < -0.3 is 5.41 Å². The fraction of sp³-hybridized carbons (Fsp3) is 0.333. The summed E-state index contributed by atoms with van der Waals surface area (Å²) in [5.41, 5.74) is 1.11. The molecular weight excluding hydrogens is 136 g/mol. The van der Waals surface area contributed by atoms with Crippen LogP contribution in [0.3, 0.4) is 0 Å². The quantitative estimate of drug-likeness (QED) is 0.597. The zero-order valence-corrected chi connectivity index (χ0v) is 7.09. The molecule has 1 N–H and O–H groups in total. The lowest BCUT2D eigenvalue weighted by Crippen LogP contribution is -2.16. The first kappa shape index (κ1) is 9.82. The molecule has 0 radical (unpaired) electrons. The molecule has 2 nitrogen and oxygen atoms in total. The van der Waals surface area contributed by atoms with E-state index in [-0.39, 0.29) is 5.92 Å². The molecule has 0 aliphatic heterocycles. The van der Waals surface area contributed by atoms with E-state index in [0.29, 0.717) is 11.4 Å². The third-order valence-corrected chi connectivity index (χ3v) is 1.28. The molecule has 0 spiro atoms. The molecular formula is C9H14N2. The Labute approximate surface area is 67.9 Å². The summed E-state index contributed by atoms with van der Waals surface area (Å²) in [6.07, 6.45) is 3.00. The van der Waals surface area contributed by atoms with Gasteiger partial charge in [0, 0.05) is 6.20 Å². The molecule has 0 unspecified atom stereocenters. The van der Waals surface area contributed by atoms with Gasteiger partial charge in [-0.25, -0.2) is 0 Å². The summed E-state index contributed by atoms with van der Waals surface area (Å²) in [6.45, 7) is 10.9. The van der Waals surface area contributed by atoms with Crippen molar-refractivity contribution in [3.63, 3.8) is 0 Å². The van der Waals surface area contributed by atoms with Crippen LogP contribution < -0.4 is 0 Å². The topological polar surface area (TPSA) is 36.2 Å². The molecule has 0 bridgehead atoms. The Morgan fingerprint density at radius 1 is 1.45 bits per heavy atom. The highest BCUT2D eigenvalue weighted by molar-refractivity contribution is 6.45. The van der Waals surface area contributed by atoms with Crippen LogP contribution in [0.2, 0.25) is 0 Å². The SMILES string of the molecule is C=CN=C(C=C)C(=N)C(C)C. The molecule has 0 saturated heterocycles. The van der Waals surface area contributed by atoms with Crippen molar-refractivity contribution in [2.45, 2.75) is 13.8 Å². The fourth-order valence-electron chi connectivity index (χ4n) is 0.626. The van der Waals surface area contributed by atoms with Crippen molar-refractivity contribution < 1.29 is 0 Å². The first-order chi connectivity index (χ1) is 5.13. The molecule has 0 atom stereocenters. The third kappa shape index (κ3) is 2.94. The van der Waals surface area contributed by atoms with Crippen LogP contribution in [0.25, 0.3) is 0 Å². The van der Waals surface area contributed by atoms with Crippen LogP contribution in [0.5, 0.6) is 0 Å². The van der Waals surface area contributed by atoms with Crippen LogP contribution in [-0.4, -0.2) is 11.4 Å². The number of hydrogen-bond donors (Lipinski definition) is 1. The second kappa shape index (κ2) is 4.61. The zero-order chi connectivity index (χ0) is 8.85. The molecule has 0 amide bonds. The highest BCUT2D eigenvalue weighted by Gasteiger charge is 2.06. The molecule has 0 aromatic heterocycles. The summed E-state index contributed by atoms with van der Waals surface area (Å²) in [7, 11) is 0. The Hall–Kier alpha value is -1.18. The van der Waals surface area contributed by atoms with E-state index in [1.807, 2.05) is 13.8 Å². The standard InChI is InChI=1S/C9H14N2/c1-5-8(11-6-2)9(10)7(3)4/h5-7,10H,1-2H2,3-4H3. The Bertz CT molecular complexity index is 200. The second-order valence-electron chi connectivity index (χ2n) is 2.47. The molecule has 0 aromatic carbocycles. The molecule has 11 heavy (non-hydrogen) atoms. The van der Waals surface area contributed by atoms with E-state index >= 15 is 0 Å². The summed E-state index contributed by atoms with van der Waals surface area (Å²) in [5.74, 6) is 0.187. The van der Waals surface area contributed by atoms with Gasteiger partial charge in [0.15, 0.2) is 0 Å². The number of nitrogens with one attached hydrogen (secondary N) is 1. The van der Waals surface area contributed by atoms with Gasteiger partial charge in [-0.3, -0.25) is 4.99 Å². The Morgan fingerprint density at radius 2 is 2.00 bits per heavy atom. The number of rotatable bonds is 4. The van der Waals surface area contributed by atoms with Gasteiger partial charge in [-0.2, -0.15) is 0 Å². The normalized spacial score (nSPS) is 11.4. The lowest BCUT2D eigenvalue weighted by molar-refractivity contribution is 0.888. The van der Waals surface area contributed by atoms with Gasteiger partial charge >= 0.3 is 0 Å². The maximum Gasteiger partial charge on any atom is 0.0833 e. The van der Waals surface area contributed by atoms with Crippen LogP contribution in [0.15, 0.2) is 30.4 Å². The summed E-state index contributed by atoms with van der Waals surface area (Å²) < 4.78 is 0. The van der Waals surface area contributed by atoms with Gasteiger partial charge in [-0.15, -0.1) is 0 Å². The van der Waals surface area contributed by atoms with Crippen molar-refractivity contribution in [1.29, 1.82) is 5.41 Å². The van der Waals surface area contributed by atoms with Gasteiger partial charge in [0.05, 0.1) is 11.4 Å². The fourth-order valence-corrected chi connectivity index (χ4v) is 0.626. The molecule has 0 aliphatic carbocycles. The largest absolute Gasteiger partial charge is 0.303 e. The van der Waals surface area contributed by atoms with Crippen LogP contribution in [-0.2, 0) is 0 Å². The highest BCUT2D eigenvalue weighted by Crippen LogP contribution is 1.98. The zero-order valence-electron chi connectivity index (χ0n) is 7.09. The Morgan fingerprint density at radius 3 is 2.27 bits per heavy atom. The summed E-state index contributed by atoms with van der Waals surface area (Å²) >= 11 is 0. The van der Waals surface area contributed by atoms with E-state index < -0.39 is 0 Å². The first-order valence-electron chi connectivity index (χ1n) is 3.53. The van der Waals surface area contributed by atoms with Gasteiger partial charge in [0.25, 0.3) is 0 Å². The van der Waals surface area contributed by atoms with Crippen LogP contribution in [0.1, 0.15) is 13.8 Å². The maximum atomic E-state index is 7.55. The van der Waals surface area contributed by atoms with Crippen molar-refractivity contribution in [3.05, 3.63) is 25.4 Å². The molecule has 0 aromatic rings. The molecule has 2 heteroatoms. The Balaban J connectivity index is 4.51. The first-order valence-corrected chi connectivity index (χ1v) is 3.53. The van der Waals surface area contributed by atoms with Gasteiger partial charge in [0.2, 0.25) is 0 Å². The molecule has 0 fully saturated rings. The maximum absolute atomic E-state index is 7.55. The lowest BCUT2D eigenvalue weighted by Gasteiger charge is -2.05. The molecule has 0 rings (SSSR count). The lowest BCUT2D eigenvalue weighted by atomic mass is 10.0. The van der Waals surface area contributed by atoms with Crippen molar-refractivity contribution in [3.8, 4) is 0 Å². The highest BCUT2D eigenvalue weighted by atomic mass is 14.7. The minimum absolute atomic E-state index is 0.187. The summed E-state index contributed by atoms with van der Waals surface area (Å²) in [5, 5.41) is 7.55. The predicted octanol–water partition coefficient (Wildman–Crippen LogP) is 2.43. The second-order valence-corrected chi connectivity index (χ2v) is 2.47. The number of allylic oxidation sites excluding steroid dienone is 1. The van der Waals surface area contributed by atoms with Crippen LogP contribution in [0, 0.1) is 11.3 Å². The summed E-state index contributed by atoms with van der Waals surface area (Å²) in [4.78, 5) is 3.90. The van der Waals surface area contributed by atoms with E-state index in [1.54, 1.807) is 6.08 Å².